The standard InChI is InChI=1S/C18H22N2O/c21-14-18(20-12-10-19-11-13-20)17-8-6-16(7-9-17)15-4-2-1-3-5-15/h1-9,18-19,21H,10-14H2/t18-/m0/s1. The second kappa shape index (κ2) is 6.85. The minimum Gasteiger partial charge on any atom is -0.394 e. The molecule has 1 fully saturated rings. The van der Waals surface area contributed by atoms with Crippen LogP contribution in [0.25, 0.3) is 11.1 Å². The third-order valence-electron chi connectivity index (χ3n) is 4.17. The molecule has 3 heteroatoms. The molecule has 21 heavy (non-hydrogen) atoms. The van der Waals surface area contributed by atoms with E-state index in [1.54, 1.807) is 0 Å². The van der Waals surface area contributed by atoms with E-state index in [-0.39, 0.29) is 12.6 Å². The molecule has 0 unspecified atom stereocenters. The fourth-order valence-corrected chi connectivity index (χ4v) is 2.95. The van der Waals surface area contributed by atoms with E-state index in [1.165, 1.54) is 16.7 Å². The molecule has 2 N–H and O–H groups in total. The van der Waals surface area contributed by atoms with Gasteiger partial charge in [-0.1, -0.05) is 54.6 Å². The maximum atomic E-state index is 9.76. The van der Waals surface area contributed by atoms with Crippen LogP contribution in [0.5, 0.6) is 0 Å². The van der Waals surface area contributed by atoms with Crippen LogP contribution in [0.1, 0.15) is 11.6 Å². The van der Waals surface area contributed by atoms with Crippen LogP contribution in [0.4, 0.5) is 0 Å². The van der Waals surface area contributed by atoms with Crippen molar-refractivity contribution < 1.29 is 5.11 Å². The second-order valence-corrected chi connectivity index (χ2v) is 5.47. The topological polar surface area (TPSA) is 35.5 Å². The van der Waals surface area contributed by atoms with Crippen molar-refractivity contribution >= 4 is 0 Å². The lowest BCUT2D eigenvalue weighted by atomic mass is 10.00. The van der Waals surface area contributed by atoms with Gasteiger partial charge in [-0.2, -0.15) is 0 Å². The van der Waals surface area contributed by atoms with E-state index in [4.69, 9.17) is 0 Å². The number of hydrogen-bond donors (Lipinski definition) is 2. The molecular weight excluding hydrogens is 260 g/mol. The van der Waals surface area contributed by atoms with Gasteiger partial charge in [-0.05, 0) is 16.7 Å². The van der Waals surface area contributed by atoms with Crippen molar-refractivity contribution in [2.45, 2.75) is 6.04 Å². The van der Waals surface area contributed by atoms with Crippen molar-refractivity contribution in [3.63, 3.8) is 0 Å². The second-order valence-electron chi connectivity index (χ2n) is 5.47. The van der Waals surface area contributed by atoms with E-state index in [2.05, 4.69) is 58.7 Å². The molecule has 0 aromatic heterocycles. The smallest absolute Gasteiger partial charge is 0.0628 e. The number of rotatable bonds is 4. The summed E-state index contributed by atoms with van der Waals surface area (Å²) in [6.45, 7) is 4.15. The summed E-state index contributed by atoms with van der Waals surface area (Å²) < 4.78 is 0. The average molecular weight is 282 g/mol. The monoisotopic (exact) mass is 282 g/mol. The summed E-state index contributed by atoms with van der Waals surface area (Å²) in [6.07, 6.45) is 0. The van der Waals surface area contributed by atoms with Crippen molar-refractivity contribution in [1.82, 2.24) is 10.2 Å². The van der Waals surface area contributed by atoms with Gasteiger partial charge < -0.3 is 10.4 Å². The number of benzene rings is 2. The molecule has 1 aliphatic heterocycles. The molecule has 3 nitrogen and oxygen atoms in total. The zero-order valence-electron chi connectivity index (χ0n) is 12.2. The highest BCUT2D eigenvalue weighted by Gasteiger charge is 2.21. The number of nitrogens with zero attached hydrogens (tertiary/aromatic N) is 1. The molecule has 110 valence electrons. The SMILES string of the molecule is OC[C@@H](c1ccc(-c2ccccc2)cc1)N1CCNCC1. The quantitative estimate of drug-likeness (QED) is 0.903. The molecule has 1 aliphatic rings. The Labute approximate surface area is 126 Å². The third-order valence-corrected chi connectivity index (χ3v) is 4.17. The lowest BCUT2D eigenvalue weighted by Gasteiger charge is -2.34. The first-order valence-electron chi connectivity index (χ1n) is 7.59. The van der Waals surface area contributed by atoms with Gasteiger partial charge in [0, 0.05) is 26.2 Å². The molecule has 1 saturated heterocycles. The minimum atomic E-state index is 0.108. The summed E-state index contributed by atoms with van der Waals surface area (Å²) in [5, 5.41) is 13.1. The molecule has 3 rings (SSSR count). The van der Waals surface area contributed by atoms with Gasteiger partial charge in [-0.15, -0.1) is 0 Å². The minimum absolute atomic E-state index is 0.108. The highest BCUT2D eigenvalue weighted by Crippen LogP contribution is 2.25. The summed E-state index contributed by atoms with van der Waals surface area (Å²) in [5.74, 6) is 0. The molecule has 0 amide bonds. The Kier molecular flexibility index (Phi) is 4.65. The van der Waals surface area contributed by atoms with E-state index in [0.717, 1.165) is 26.2 Å². The van der Waals surface area contributed by atoms with E-state index in [9.17, 15) is 5.11 Å². The lowest BCUT2D eigenvalue weighted by Crippen LogP contribution is -2.46. The predicted molar refractivity (Wildman–Crippen MR) is 86.1 cm³/mol. The van der Waals surface area contributed by atoms with Gasteiger partial charge in [-0.25, -0.2) is 0 Å². The summed E-state index contributed by atoms with van der Waals surface area (Å²) in [6, 6.07) is 19.1. The van der Waals surface area contributed by atoms with Gasteiger partial charge in [0.1, 0.15) is 0 Å². The predicted octanol–water partition coefficient (Wildman–Crippen LogP) is 2.29. The number of aliphatic hydroxyl groups is 1. The Bertz CT molecular complexity index is 547. The molecule has 0 aliphatic carbocycles. The van der Waals surface area contributed by atoms with Crippen molar-refractivity contribution in [3.8, 4) is 11.1 Å². The Morgan fingerprint density at radius 3 is 2.14 bits per heavy atom. The molecule has 0 spiro atoms. The van der Waals surface area contributed by atoms with Crippen LogP contribution >= 0.6 is 0 Å². The Hall–Kier alpha value is -1.68. The van der Waals surface area contributed by atoms with Gasteiger partial charge >= 0.3 is 0 Å². The summed E-state index contributed by atoms with van der Waals surface area (Å²) >= 11 is 0. The molecular formula is C18H22N2O. The zero-order valence-corrected chi connectivity index (χ0v) is 12.2. The molecule has 2 aromatic rings. The number of nitrogens with one attached hydrogen (secondary N) is 1. The van der Waals surface area contributed by atoms with Crippen molar-refractivity contribution in [2.24, 2.45) is 0 Å². The molecule has 0 saturated carbocycles. The van der Waals surface area contributed by atoms with E-state index < -0.39 is 0 Å². The normalized spacial score (nSPS) is 17.6. The molecule has 1 heterocycles. The Morgan fingerprint density at radius 1 is 0.905 bits per heavy atom. The third kappa shape index (κ3) is 3.32. The summed E-state index contributed by atoms with van der Waals surface area (Å²) in [7, 11) is 0. The van der Waals surface area contributed by atoms with Crippen LogP contribution in [0.3, 0.4) is 0 Å². The van der Waals surface area contributed by atoms with Crippen LogP contribution in [0, 0.1) is 0 Å². The Balaban J connectivity index is 1.79. The fraction of sp³-hybridized carbons (Fsp3) is 0.333. The van der Waals surface area contributed by atoms with Crippen LogP contribution < -0.4 is 5.32 Å². The van der Waals surface area contributed by atoms with Gasteiger partial charge in [-0.3, -0.25) is 4.90 Å². The lowest BCUT2D eigenvalue weighted by molar-refractivity contribution is 0.111. The van der Waals surface area contributed by atoms with Crippen molar-refractivity contribution in [3.05, 3.63) is 60.2 Å². The molecule has 1 atom stereocenters. The van der Waals surface area contributed by atoms with E-state index in [0.29, 0.717) is 0 Å². The van der Waals surface area contributed by atoms with Gasteiger partial charge in [0.25, 0.3) is 0 Å². The fourth-order valence-electron chi connectivity index (χ4n) is 2.95. The molecule has 0 bridgehead atoms. The zero-order chi connectivity index (χ0) is 14.5. The number of piperazine rings is 1. The average Bonchev–Trinajstić information content (AvgIpc) is 2.58. The maximum Gasteiger partial charge on any atom is 0.0628 e. The Morgan fingerprint density at radius 2 is 1.52 bits per heavy atom. The summed E-state index contributed by atoms with van der Waals surface area (Å²) in [5.41, 5.74) is 3.64. The van der Waals surface area contributed by atoms with Crippen molar-refractivity contribution in [2.75, 3.05) is 32.8 Å². The van der Waals surface area contributed by atoms with Gasteiger partial charge in [0.05, 0.1) is 12.6 Å². The largest absolute Gasteiger partial charge is 0.394 e. The first-order chi connectivity index (χ1) is 10.4. The first kappa shape index (κ1) is 14.3. The first-order valence-corrected chi connectivity index (χ1v) is 7.59. The van der Waals surface area contributed by atoms with E-state index in [1.807, 2.05) is 6.07 Å². The summed E-state index contributed by atoms with van der Waals surface area (Å²) in [4.78, 5) is 2.36. The number of aliphatic hydroxyl groups excluding tert-OH is 1. The van der Waals surface area contributed by atoms with Crippen LogP contribution in [-0.4, -0.2) is 42.8 Å². The highest BCUT2D eigenvalue weighted by molar-refractivity contribution is 5.63. The van der Waals surface area contributed by atoms with Crippen LogP contribution in [0.2, 0.25) is 0 Å². The van der Waals surface area contributed by atoms with Crippen molar-refractivity contribution in [1.29, 1.82) is 0 Å². The van der Waals surface area contributed by atoms with Gasteiger partial charge in [0.2, 0.25) is 0 Å². The number of hydrogen-bond acceptors (Lipinski definition) is 3. The van der Waals surface area contributed by atoms with Crippen LogP contribution in [0.15, 0.2) is 54.6 Å². The van der Waals surface area contributed by atoms with Gasteiger partial charge in [0.15, 0.2) is 0 Å². The van der Waals surface area contributed by atoms with Crippen LogP contribution in [-0.2, 0) is 0 Å². The maximum absolute atomic E-state index is 9.76. The molecule has 0 radical (unpaired) electrons. The molecule has 2 aromatic carbocycles. The van der Waals surface area contributed by atoms with E-state index >= 15 is 0 Å². The highest BCUT2D eigenvalue weighted by atomic mass is 16.3.